The summed E-state index contributed by atoms with van der Waals surface area (Å²) in [5.41, 5.74) is 0. The molecule has 0 saturated carbocycles. The molecule has 0 aromatic carbocycles. The number of hydrogen-bond acceptors (Lipinski definition) is 2. The van der Waals surface area contributed by atoms with Gasteiger partial charge in [-0.3, -0.25) is 4.79 Å². The van der Waals surface area contributed by atoms with Crippen molar-refractivity contribution >= 4 is 5.97 Å². The third-order valence-corrected chi connectivity index (χ3v) is 3.45. The Bertz CT molecular complexity index is 233. The molecule has 0 rings (SSSR count). The van der Waals surface area contributed by atoms with E-state index in [4.69, 9.17) is 4.74 Å². The molecule has 0 aliphatic carbocycles. The number of hydrogen-bond donors (Lipinski definition) is 0. The molecule has 19 heavy (non-hydrogen) atoms. The van der Waals surface area contributed by atoms with E-state index in [0.29, 0.717) is 0 Å². The Balaban J connectivity index is 3.26. The van der Waals surface area contributed by atoms with Crippen molar-refractivity contribution in [2.45, 2.75) is 85.0 Å². The van der Waals surface area contributed by atoms with Gasteiger partial charge in [0.05, 0.1) is 6.26 Å². The van der Waals surface area contributed by atoms with E-state index in [-0.39, 0.29) is 5.97 Å². The zero-order valence-corrected chi connectivity index (χ0v) is 13.1. The van der Waals surface area contributed by atoms with Crippen LogP contribution in [0.1, 0.15) is 85.0 Å². The molecule has 0 bridgehead atoms. The summed E-state index contributed by atoms with van der Waals surface area (Å²) in [6.45, 7) is 6.06. The van der Waals surface area contributed by atoms with Crippen LogP contribution in [0, 0.1) is 5.92 Å². The summed E-state index contributed by atoms with van der Waals surface area (Å²) in [5, 5.41) is 0. The van der Waals surface area contributed by atoms with Crippen molar-refractivity contribution < 1.29 is 9.53 Å². The van der Waals surface area contributed by atoms with Gasteiger partial charge in [-0.25, -0.2) is 0 Å². The van der Waals surface area contributed by atoms with E-state index < -0.39 is 0 Å². The van der Waals surface area contributed by atoms with Crippen molar-refractivity contribution in [2.75, 3.05) is 0 Å². The second-order valence-corrected chi connectivity index (χ2v) is 5.57. The smallest absolute Gasteiger partial charge is 0.307 e. The number of unbranched alkanes of at least 4 members (excludes halogenated alkanes) is 6. The summed E-state index contributed by atoms with van der Waals surface area (Å²) in [4.78, 5) is 10.5. The van der Waals surface area contributed by atoms with Gasteiger partial charge >= 0.3 is 5.97 Å². The van der Waals surface area contributed by atoms with E-state index in [1.165, 1.54) is 71.0 Å². The Morgan fingerprint density at radius 1 is 1.05 bits per heavy atom. The average Bonchev–Trinajstić information content (AvgIpc) is 2.37. The summed E-state index contributed by atoms with van der Waals surface area (Å²) in [6.07, 6.45) is 16.6. The maximum absolute atomic E-state index is 10.5. The van der Waals surface area contributed by atoms with E-state index in [2.05, 4.69) is 13.8 Å². The molecule has 2 heteroatoms. The molecule has 0 heterocycles. The zero-order valence-electron chi connectivity index (χ0n) is 13.1. The predicted molar refractivity (Wildman–Crippen MR) is 81.9 cm³/mol. The summed E-state index contributed by atoms with van der Waals surface area (Å²) < 4.78 is 4.74. The number of ether oxygens (including phenoxy) is 1. The molecule has 0 aliphatic rings. The van der Waals surface area contributed by atoms with Crippen molar-refractivity contribution in [3.8, 4) is 0 Å². The Morgan fingerprint density at radius 2 is 1.68 bits per heavy atom. The van der Waals surface area contributed by atoms with Crippen molar-refractivity contribution in [3.05, 3.63) is 12.3 Å². The van der Waals surface area contributed by atoms with Crippen LogP contribution in [-0.4, -0.2) is 5.97 Å². The number of allylic oxidation sites excluding steroid dienone is 1. The second kappa shape index (κ2) is 13.6. The molecule has 0 fully saturated rings. The highest BCUT2D eigenvalue weighted by Gasteiger charge is 2.01. The van der Waals surface area contributed by atoms with E-state index >= 15 is 0 Å². The van der Waals surface area contributed by atoms with Gasteiger partial charge in [0.15, 0.2) is 0 Å². The average molecular weight is 268 g/mol. The van der Waals surface area contributed by atoms with Crippen LogP contribution in [0.5, 0.6) is 0 Å². The van der Waals surface area contributed by atoms with Gasteiger partial charge in [0, 0.05) is 6.92 Å². The lowest BCUT2D eigenvalue weighted by atomic mass is 9.96. The van der Waals surface area contributed by atoms with Crippen LogP contribution in [0.4, 0.5) is 0 Å². The summed E-state index contributed by atoms with van der Waals surface area (Å²) in [5.74, 6) is 0.618. The lowest BCUT2D eigenvalue weighted by molar-refractivity contribution is -0.135. The first-order chi connectivity index (χ1) is 9.16. The van der Waals surface area contributed by atoms with Crippen LogP contribution in [0.25, 0.3) is 0 Å². The maximum Gasteiger partial charge on any atom is 0.307 e. The monoisotopic (exact) mass is 268 g/mol. The predicted octanol–water partition coefficient (Wildman–Crippen LogP) is 5.62. The Kier molecular flexibility index (Phi) is 13.1. The van der Waals surface area contributed by atoms with Crippen LogP contribution in [-0.2, 0) is 9.53 Å². The van der Waals surface area contributed by atoms with Crippen molar-refractivity contribution in [2.24, 2.45) is 5.92 Å². The molecule has 0 aromatic rings. The van der Waals surface area contributed by atoms with Gasteiger partial charge in [-0.05, 0) is 24.8 Å². The molecular formula is C17H32O2. The molecule has 1 atom stereocenters. The molecule has 0 aromatic heterocycles. The fourth-order valence-corrected chi connectivity index (χ4v) is 2.21. The van der Waals surface area contributed by atoms with Gasteiger partial charge in [0.2, 0.25) is 0 Å². The van der Waals surface area contributed by atoms with Crippen molar-refractivity contribution in [1.82, 2.24) is 0 Å². The van der Waals surface area contributed by atoms with E-state index in [1.807, 2.05) is 6.08 Å². The first kappa shape index (κ1) is 18.2. The normalized spacial score (nSPS) is 12.8. The van der Waals surface area contributed by atoms with Crippen LogP contribution < -0.4 is 0 Å². The van der Waals surface area contributed by atoms with Gasteiger partial charge in [-0.2, -0.15) is 0 Å². The van der Waals surface area contributed by atoms with E-state index in [9.17, 15) is 4.79 Å². The molecule has 0 amide bonds. The molecule has 2 nitrogen and oxygen atoms in total. The summed E-state index contributed by atoms with van der Waals surface area (Å²) >= 11 is 0. The highest BCUT2D eigenvalue weighted by molar-refractivity contribution is 5.66. The molecular weight excluding hydrogens is 236 g/mol. The van der Waals surface area contributed by atoms with Gasteiger partial charge in [-0.1, -0.05) is 65.2 Å². The fourth-order valence-electron chi connectivity index (χ4n) is 2.21. The lowest BCUT2D eigenvalue weighted by Gasteiger charge is -2.10. The van der Waals surface area contributed by atoms with Crippen LogP contribution in [0.2, 0.25) is 0 Å². The quantitative estimate of drug-likeness (QED) is 0.261. The highest BCUT2D eigenvalue weighted by Crippen LogP contribution is 2.17. The van der Waals surface area contributed by atoms with Crippen molar-refractivity contribution in [1.29, 1.82) is 0 Å². The molecule has 0 spiro atoms. The Labute approximate surface area is 119 Å². The molecule has 1 unspecified atom stereocenters. The molecule has 0 N–H and O–H groups in total. The SMILES string of the molecule is CCCCCCCC(C)CCCCC=COC(C)=O. The van der Waals surface area contributed by atoms with Crippen LogP contribution >= 0.6 is 0 Å². The molecule has 0 saturated heterocycles. The van der Waals surface area contributed by atoms with Gasteiger partial charge < -0.3 is 4.74 Å². The third kappa shape index (κ3) is 15.2. The zero-order chi connectivity index (χ0) is 14.3. The topological polar surface area (TPSA) is 26.3 Å². The van der Waals surface area contributed by atoms with Crippen molar-refractivity contribution in [3.63, 3.8) is 0 Å². The number of esters is 1. The molecule has 0 aliphatic heterocycles. The standard InChI is InChI=1S/C17H32O2/c1-4-5-6-7-10-13-16(2)14-11-8-9-12-15-19-17(3)18/h12,15-16H,4-11,13-14H2,1-3H3. The van der Waals surface area contributed by atoms with Gasteiger partial charge in [-0.15, -0.1) is 0 Å². The van der Waals surface area contributed by atoms with Gasteiger partial charge in [0.25, 0.3) is 0 Å². The molecule has 112 valence electrons. The largest absolute Gasteiger partial charge is 0.435 e. The number of carbonyl (C=O) groups is 1. The first-order valence-electron chi connectivity index (χ1n) is 7.99. The minimum absolute atomic E-state index is 0.243. The summed E-state index contributed by atoms with van der Waals surface area (Å²) in [7, 11) is 0. The minimum atomic E-state index is -0.243. The third-order valence-electron chi connectivity index (χ3n) is 3.45. The van der Waals surface area contributed by atoms with E-state index in [0.717, 1.165) is 12.3 Å². The second-order valence-electron chi connectivity index (χ2n) is 5.57. The highest BCUT2D eigenvalue weighted by atomic mass is 16.5. The van der Waals surface area contributed by atoms with Crippen LogP contribution in [0.15, 0.2) is 12.3 Å². The molecule has 0 radical (unpaired) electrons. The lowest BCUT2D eigenvalue weighted by Crippen LogP contribution is -1.95. The fraction of sp³-hybridized carbons (Fsp3) is 0.824. The first-order valence-corrected chi connectivity index (χ1v) is 7.99. The number of carbonyl (C=O) groups excluding carboxylic acids is 1. The van der Waals surface area contributed by atoms with Gasteiger partial charge in [0.1, 0.15) is 0 Å². The van der Waals surface area contributed by atoms with E-state index in [1.54, 1.807) is 0 Å². The van der Waals surface area contributed by atoms with Crippen LogP contribution in [0.3, 0.4) is 0 Å². The Hall–Kier alpha value is -0.790. The summed E-state index contributed by atoms with van der Waals surface area (Å²) in [6, 6.07) is 0. The maximum atomic E-state index is 10.5. The Morgan fingerprint density at radius 3 is 2.32 bits per heavy atom. The minimum Gasteiger partial charge on any atom is -0.435 e. The number of rotatable bonds is 12.